The van der Waals surface area contributed by atoms with Gasteiger partial charge in [0.05, 0.1) is 0 Å². The molecule has 102 valence electrons. The van der Waals surface area contributed by atoms with Gasteiger partial charge in [0.25, 0.3) is 0 Å². The molecule has 2 N–H and O–H groups in total. The van der Waals surface area contributed by atoms with E-state index in [0.717, 1.165) is 19.4 Å². The van der Waals surface area contributed by atoms with Crippen LogP contribution in [0, 0.1) is 0 Å². The highest BCUT2D eigenvalue weighted by Gasteiger charge is 2.23. The van der Waals surface area contributed by atoms with Gasteiger partial charge in [0.1, 0.15) is 0 Å². The third-order valence-electron chi connectivity index (χ3n) is 3.51. The molecule has 0 radical (unpaired) electrons. The minimum Gasteiger partial charge on any atom is -0.352 e. The maximum absolute atomic E-state index is 5.93. The molecule has 1 aliphatic rings. The van der Waals surface area contributed by atoms with Gasteiger partial charge in [-0.1, -0.05) is 0 Å². The van der Waals surface area contributed by atoms with E-state index in [1.165, 1.54) is 12.8 Å². The summed E-state index contributed by atoms with van der Waals surface area (Å²) < 4.78 is 11.2. The van der Waals surface area contributed by atoms with Crippen LogP contribution in [0.4, 0.5) is 0 Å². The van der Waals surface area contributed by atoms with Crippen molar-refractivity contribution in [3.8, 4) is 0 Å². The van der Waals surface area contributed by atoms with Crippen molar-refractivity contribution < 1.29 is 9.47 Å². The standard InChI is InChI=1S/C13H28N2O2/c1-4-16-13(17-5-2)10-15(3)12-8-6-11(14)7-9-12/h11-13H,4-10,14H2,1-3H3. The van der Waals surface area contributed by atoms with E-state index in [1.807, 2.05) is 13.8 Å². The van der Waals surface area contributed by atoms with Crippen molar-refractivity contribution in [2.45, 2.75) is 57.9 Å². The van der Waals surface area contributed by atoms with Gasteiger partial charge < -0.3 is 15.2 Å². The van der Waals surface area contributed by atoms with Crippen LogP contribution in [0.1, 0.15) is 39.5 Å². The van der Waals surface area contributed by atoms with E-state index >= 15 is 0 Å². The average Bonchev–Trinajstić information content (AvgIpc) is 2.30. The van der Waals surface area contributed by atoms with E-state index in [2.05, 4.69) is 11.9 Å². The van der Waals surface area contributed by atoms with Crippen molar-refractivity contribution in [1.29, 1.82) is 0 Å². The average molecular weight is 244 g/mol. The van der Waals surface area contributed by atoms with Gasteiger partial charge in [-0.05, 0) is 46.6 Å². The van der Waals surface area contributed by atoms with Crippen LogP contribution in [-0.4, -0.2) is 50.1 Å². The summed E-state index contributed by atoms with van der Waals surface area (Å²) in [6.45, 7) is 6.26. The summed E-state index contributed by atoms with van der Waals surface area (Å²) in [6, 6.07) is 1.05. The normalized spacial score (nSPS) is 25.8. The van der Waals surface area contributed by atoms with Gasteiger partial charge in [-0.15, -0.1) is 0 Å². The molecule has 4 nitrogen and oxygen atoms in total. The number of ether oxygens (including phenoxy) is 2. The van der Waals surface area contributed by atoms with E-state index < -0.39 is 0 Å². The Balaban J connectivity index is 2.32. The number of hydrogen-bond donors (Lipinski definition) is 1. The van der Waals surface area contributed by atoms with Crippen LogP contribution in [0.15, 0.2) is 0 Å². The monoisotopic (exact) mass is 244 g/mol. The second kappa shape index (κ2) is 8.03. The van der Waals surface area contributed by atoms with Crippen molar-refractivity contribution >= 4 is 0 Å². The minimum absolute atomic E-state index is 0.0920. The molecule has 0 aromatic carbocycles. The molecule has 0 bridgehead atoms. The van der Waals surface area contributed by atoms with E-state index in [-0.39, 0.29) is 6.29 Å². The van der Waals surface area contributed by atoms with Gasteiger partial charge in [0.2, 0.25) is 0 Å². The Morgan fingerprint density at radius 2 is 1.65 bits per heavy atom. The fourth-order valence-electron chi connectivity index (χ4n) is 2.45. The highest BCUT2D eigenvalue weighted by atomic mass is 16.7. The van der Waals surface area contributed by atoms with E-state index in [4.69, 9.17) is 15.2 Å². The van der Waals surface area contributed by atoms with Crippen molar-refractivity contribution in [3.05, 3.63) is 0 Å². The number of rotatable bonds is 7. The Kier molecular flexibility index (Phi) is 7.04. The van der Waals surface area contributed by atoms with Gasteiger partial charge in [0.15, 0.2) is 6.29 Å². The quantitative estimate of drug-likeness (QED) is 0.691. The van der Waals surface area contributed by atoms with Crippen molar-refractivity contribution in [3.63, 3.8) is 0 Å². The van der Waals surface area contributed by atoms with Gasteiger partial charge in [-0.2, -0.15) is 0 Å². The van der Waals surface area contributed by atoms with Gasteiger partial charge in [-0.25, -0.2) is 0 Å². The lowest BCUT2D eigenvalue weighted by Gasteiger charge is -2.35. The highest BCUT2D eigenvalue weighted by Crippen LogP contribution is 2.21. The van der Waals surface area contributed by atoms with Crippen LogP contribution in [-0.2, 0) is 9.47 Å². The second-order valence-electron chi connectivity index (χ2n) is 4.85. The van der Waals surface area contributed by atoms with Crippen LogP contribution in [0.25, 0.3) is 0 Å². The lowest BCUT2D eigenvalue weighted by Crippen LogP contribution is -2.43. The van der Waals surface area contributed by atoms with Crippen LogP contribution >= 0.6 is 0 Å². The smallest absolute Gasteiger partial charge is 0.170 e. The third kappa shape index (κ3) is 5.34. The van der Waals surface area contributed by atoms with Crippen molar-refractivity contribution in [1.82, 2.24) is 4.90 Å². The predicted molar refractivity (Wildman–Crippen MR) is 69.9 cm³/mol. The number of nitrogens with two attached hydrogens (primary N) is 1. The lowest BCUT2D eigenvalue weighted by atomic mass is 9.91. The molecule has 1 saturated carbocycles. The highest BCUT2D eigenvalue weighted by molar-refractivity contribution is 4.80. The Bertz CT molecular complexity index is 188. The Morgan fingerprint density at radius 1 is 1.12 bits per heavy atom. The van der Waals surface area contributed by atoms with Crippen LogP contribution in [0.5, 0.6) is 0 Å². The molecule has 0 amide bonds. The summed E-state index contributed by atoms with van der Waals surface area (Å²) in [4.78, 5) is 2.36. The third-order valence-corrected chi connectivity index (χ3v) is 3.51. The number of nitrogens with zero attached hydrogens (tertiary/aromatic N) is 1. The molecule has 0 saturated heterocycles. The molecular weight excluding hydrogens is 216 g/mol. The van der Waals surface area contributed by atoms with Crippen LogP contribution in [0.2, 0.25) is 0 Å². The molecule has 0 heterocycles. The number of hydrogen-bond acceptors (Lipinski definition) is 4. The van der Waals surface area contributed by atoms with Crippen LogP contribution < -0.4 is 5.73 Å². The SMILES string of the molecule is CCOC(CN(C)C1CCC(N)CC1)OCC. The molecular formula is C13H28N2O2. The predicted octanol–water partition coefficient (Wildman–Crippen LogP) is 1.59. The fraction of sp³-hybridized carbons (Fsp3) is 1.00. The molecule has 4 heteroatoms. The molecule has 0 unspecified atom stereocenters. The summed E-state index contributed by atoms with van der Waals surface area (Å²) >= 11 is 0. The second-order valence-corrected chi connectivity index (χ2v) is 4.85. The van der Waals surface area contributed by atoms with Crippen molar-refractivity contribution in [2.24, 2.45) is 5.73 Å². The number of likely N-dealkylation sites (N-methyl/N-ethyl adjacent to an activating group) is 1. The zero-order valence-electron chi connectivity index (χ0n) is 11.5. The maximum atomic E-state index is 5.93. The molecule has 17 heavy (non-hydrogen) atoms. The Hall–Kier alpha value is -0.160. The van der Waals surface area contributed by atoms with Crippen molar-refractivity contribution in [2.75, 3.05) is 26.8 Å². The molecule has 1 rings (SSSR count). The van der Waals surface area contributed by atoms with E-state index in [9.17, 15) is 0 Å². The molecule has 1 fully saturated rings. The zero-order chi connectivity index (χ0) is 12.7. The summed E-state index contributed by atoms with van der Waals surface area (Å²) in [7, 11) is 2.16. The first kappa shape index (κ1) is 14.9. The first-order valence-electron chi connectivity index (χ1n) is 6.86. The molecule has 0 atom stereocenters. The van der Waals surface area contributed by atoms with Crippen LogP contribution in [0.3, 0.4) is 0 Å². The first-order valence-corrected chi connectivity index (χ1v) is 6.86. The van der Waals surface area contributed by atoms with Gasteiger partial charge in [-0.3, -0.25) is 4.90 Å². The topological polar surface area (TPSA) is 47.7 Å². The summed E-state index contributed by atoms with van der Waals surface area (Å²) in [5.74, 6) is 0. The molecule has 0 aromatic rings. The Morgan fingerprint density at radius 3 is 2.12 bits per heavy atom. The molecule has 0 spiro atoms. The summed E-state index contributed by atoms with van der Waals surface area (Å²) in [5, 5.41) is 0. The molecule has 1 aliphatic carbocycles. The van der Waals surface area contributed by atoms with E-state index in [0.29, 0.717) is 25.3 Å². The summed E-state index contributed by atoms with van der Waals surface area (Å²) in [6.07, 6.45) is 4.59. The largest absolute Gasteiger partial charge is 0.352 e. The van der Waals surface area contributed by atoms with Gasteiger partial charge >= 0.3 is 0 Å². The van der Waals surface area contributed by atoms with Gasteiger partial charge in [0, 0.05) is 31.8 Å². The molecule has 0 aliphatic heterocycles. The lowest BCUT2D eigenvalue weighted by molar-refractivity contribution is -0.149. The first-order chi connectivity index (χ1) is 8.17. The van der Waals surface area contributed by atoms with E-state index in [1.54, 1.807) is 0 Å². The maximum Gasteiger partial charge on any atom is 0.170 e. The zero-order valence-corrected chi connectivity index (χ0v) is 11.5. The molecule has 0 aromatic heterocycles. The minimum atomic E-state index is -0.0920. The fourth-order valence-corrected chi connectivity index (χ4v) is 2.45. The Labute approximate surface area is 105 Å². The summed E-state index contributed by atoms with van der Waals surface area (Å²) in [5.41, 5.74) is 5.93.